The highest BCUT2D eigenvalue weighted by molar-refractivity contribution is 5.94. The summed E-state index contributed by atoms with van der Waals surface area (Å²) < 4.78 is 0. The van der Waals surface area contributed by atoms with E-state index in [1.54, 1.807) is 23.9 Å². The molecule has 1 aromatic carbocycles. The molecule has 3 saturated heterocycles. The number of rotatable bonds is 5. The van der Waals surface area contributed by atoms with E-state index in [4.69, 9.17) is 0 Å². The average Bonchev–Trinajstić information content (AvgIpc) is 3.60. The predicted octanol–water partition coefficient (Wildman–Crippen LogP) is 1.81. The molecular weight excluding hydrogens is 430 g/mol. The summed E-state index contributed by atoms with van der Waals surface area (Å²) in [4.78, 5) is 46.3. The van der Waals surface area contributed by atoms with Gasteiger partial charge in [-0.2, -0.15) is 5.26 Å². The Hall–Kier alpha value is -2.92. The molecule has 3 heterocycles. The lowest BCUT2D eigenvalue weighted by Gasteiger charge is -2.38. The molecule has 0 aromatic heterocycles. The standard InChI is InChI=1S/C26H33N5O3/c1-16(24(32)30-10-4-5-19(30)13-27)14-29-15-20-12-23(29)26(34)31(20)22-9-7-17-11-18(6-8-21(17)22)25(33)28(2)3/h6,8,11,16,19-20,22-23H,4-5,7,9-10,12,14-15H2,1-3H3/t16-,19-,20+,22+,23+/m0/s1. The minimum Gasteiger partial charge on any atom is -0.345 e. The maximum Gasteiger partial charge on any atom is 0.253 e. The van der Waals surface area contributed by atoms with Crippen LogP contribution in [0.2, 0.25) is 0 Å². The molecule has 34 heavy (non-hydrogen) atoms. The molecule has 0 saturated carbocycles. The first kappa shape index (κ1) is 22.9. The monoisotopic (exact) mass is 463 g/mol. The number of benzene rings is 1. The minimum atomic E-state index is -0.307. The number of fused-ring (bicyclic) bond motifs is 3. The summed E-state index contributed by atoms with van der Waals surface area (Å²) in [5.41, 5.74) is 3.03. The van der Waals surface area contributed by atoms with Crippen molar-refractivity contribution < 1.29 is 14.4 Å². The molecule has 1 aliphatic carbocycles. The molecule has 3 amide bonds. The maximum absolute atomic E-state index is 13.4. The van der Waals surface area contributed by atoms with Gasteiger partial charge in [-0.25, -0.2) is 0 Å². The second-order valence-corrected chi connectivity index (χ2v) is 10.5. The smallest absolute Gasteiger partial charge is 0.253 e. The van der Waals surface area contributed by atoms with Crippen molar-refractivity contribution in [2.45, 2.75) is 63.2 Å². The van der Waals surface area contributed by atoms with Crippen LogP contribution in [0.5, 0.6) is 0 Å². The van der Waals surface area contributed by atoms with Crippen molar-refractivity contribution in [3.8, 4) is 6.07 Å². The van der Waals surface area contributed by atoms with Gasteiger partial charge in [-0.1, -0.05) is 13.0 Å². The molecule has 3 aliphatic heterocycles. The molecule has 5 rings (SSSR count). The van der Waals surface area contributed by atoms with Crippen LogP contribution in [0.25, 0.3) is 0 Å². The van der Waals surface area contributed by atoms with E-state index < -0.39 is 0 Å². The summed E-state index contributed by atoms with van der Waals surface area (Å²) in [5, 5.41) is 9.32. The van der Waals surface area contributed by atoms with Gasteiger partial charge in [-0.3, -0.25) is 19.3 Å². The van der Waals surface area contributed by atoms with Gasteiger partial charge in [0.25, 0.3) is 5.91 Å². The van der Waals surface area contributed by atoms with Crippen molar-refractivity contribution in [3.63, 3.8) is 0 Å². The first-order chi connectivity index (χ1) is 16.3. The fourth-order valence-electron chi connectivity index (χ4n) is 6.45. The molecular formula is C26H33N5O3. The molecule has 180 valence electrons. The van der Waals surface area contributed by atoms with Crippen molar-refractivity contribution in [2.24, 2.45) is 5.92 Å². The zero-order valence-electron chi connectivity index (χ0n) is 20.2. The Morgan fingerprint density at radius 3 is 2.74 bits per heavy atom. The third-order valence-electron chi connectivity index (χ3n) is 8.11. The first-order valence-corrected chi connectivity index (χ1v) is 12.4. The van der Waals surface area contributed by atoms with E-state index in [0.29, 0.717) is 18.7 Å². The van der Waals surface area contributed by atoms with Crippen LogP contribution in [0, 0.1) is 17.2 Å². The molecule has 0 radical (unpaired) electrons. The van der Waals surface area contributed by atoms with E-state index >= 15 is 0 Å². The van der Waals surface area contributed by atoms with Gasteiger partial charge in [0.2, 0.25) is 11.8 Å². The highest BCUT2D eigenvalue weighted by atomic mass is 16.2. The van der Waals surface area contributed by atoms with Gasteiger partial charge in [-0.05, 0) is 55.4 Å². The van der Waals surface area contributed by atoms with Gasteiger partial charge in [0.15, 0.2) is 0 Å². The second-order valence-electron chi connectivity index (χ2n) is 10.5. The average molecular weight is 464 g/mol. The number of aryl methyl sites for hydroxylation is 1. The lowest BCUT2D eigenvalue weighted by molar-refractivity contribution is -0.142. The number of hydrogen-bond acceptors (Lipinski definition) is 5. The second kappa shape index (κ2) is 8.70. The lowest BCUT2D eigenvalue weighted by Crippen LogP contribution is -2.53. The summed E-state index contributed by atoms with van der Waals surface area (Å²) in [6.45, 7) is 3.93. The Morgan fingerprint density at radius 2 is 2.03 bits per heavy atom. The van der Waals surface area contributed by atoms with Crippen LogP contribution < -0.4 is 0 Å². The number of amides is 3. The third kappa shape index (κ3) is 3.67. The number of nitriles is 1. The quantitative estimate of drug-likeness (QED) is 0.665. The number of likely N-dealkylation sites (tertiary alicyclic amines) is 3. The Bertz CT molecular complexity index is 1060. The van der Waals surface area contributed by atoms with Crippen molar-refractivity contribution in [3.05, 3.63) is 34.9 Å². The summed E-state index contributed by atoms with van der Waals surface area (Å²) in [5.74, 6) is -0.0338. The zero-order chi connectivity index (χ0) is 24.1. The fraction of sp³-hybridized carbons (Fsp3) is 0.615. The molecule has 1 aromatic rings. The van der Waals surface area contributed by atoms with Crippen LogP contribution in [0.4, 0.5) is 0 Å². The molecule has 4 aliphatic rings. The van der Waals surface area contributed by atoms with Crippen molar-refractivity contribution in [1.29, 1.82) is 5.26 Å². The summed E-state index contributed by atoms with van der Waals surface area (Å²) >= 11 is 0. The van der Waals surface area contributed by atoms with E-state index in [2.05, 4.69) is 15.9 Å². The van der Waals surface area contributed by atoms with Gasteiger partial charge in [-0.15, -0.1) is 0 Å². The van der Waals surface area contributed by atoms with Gasteiger partial charge < -0.3 is 14.7 Å². The van der Waals surface area contributed by atoms with Gasteiger partial charge in [0.05, 0.1) is 18.2 Å². The van der Waals surface area contributed by atoms with E-state index in [-0.39, 0.29) is 47.8 Å². The van der Waals surface area contributed by atoms with E-state index in [9.17, 15) is 19.6 Å². The molecule has 8 heteroatoms. The highest BCUT2D eigenvalue weighted by Gasteiger charge is 2.53. The number of carbonyl (C=O) groups excluding carboxylic acids is 3. The normalized spacial score (nSPS) is 28.8. The number of carbonyl (C=O) groups is 3. The van der Waals surface area contributed by atoms with E-state index in [1.165, 1.54) is 11.1 Å². The predicted molar refractivity (Wildman–Crippen MR) is 126 cm³/mol. The van der Waals surface area contributed by atoms with Gasteiger partial charge >= 0.3 is 0 Å². The highest BCUT2D eigenvalue weighted by Crippen LogP contribution is 2.44. The Kier molecular flexibility index (Phi) is 5.85. The van der Waals surface area contributed by atoms with Gasteiger partial charge in [0.1, 0.15) is 6.04 Å². The summed E-state index contributed by atoms with van der Waals surface area (Å²) in [6.07, 6.45) is 4.22. The van der Waals surface area contributed by atoms with Crippen LogP contribution in [-0.2, 0) is 16.0 Å². The molecule has 2 bridgehead atoms. The van der Waals surface area contributed by atoms with Crippen molar-refractivity contribution >= 4 is 17.7 Å². The molecule has 5 atom stereocenters. The van der Waals surface area contributed by atoms with E-state index in [0.717, 1.165) is 38.6 Å². The van der Waals surface area contributed by atoms with Crippen molar-refractivity contribution in [2.75, 3.05) is 33.7 Å². The third-order valence-corrected chi connectivity index (χ3v) is 8.11. The van der Waals surface area contributed by atoms with Crippen LogP contribution in [-0.4, -0.2) is 89.2 Å². The first-order valence-electron chi connectivity index (χ1n) is 12.4. The van der Waals surface area contributed by atoms with Crippen LogP contribution in [0.15, 0.2) is 18.2 Å². The van der Waals surface area contributed by atoms with E-state index in [1.807, 2.05) is 25.1 Å². The molecule has 8 nitrogen and oxygen atoms in total. The lowest BCUT2D eigenvalue weighted by atomic mass is 10.0. The Labute approximate surface area is 201 Å². The largest absolute Gasteiger partial charge is 0.345 e. The summed E-state index contributed by atoms with van der Waals surface area (Å²) in [7, 11) is 3.51. The Morgan fingerprint density at radius 1 is 1.24 bits per heavy atom. The molecule has 0 unspecified atom stereocenters. The summed E-state index contributed by atoms with van der Waals surface area (Å²) in [6, 6.07) is 7.91. The zero-order valence-corrected chi connectivity index (χ0v) is 20.2. The topological polar surface area (TPSA) is 88.0 Å². The number of nitrogens with zero attached hydrogens (tertiary/aromatic N) is 5. The minimum absolute atomic E-state index is 0.00288. The molecule has 0 spiro atoms. The molecule has 3 fully saturated rings. The SMILES string of the molecule is C[C@@H](CN1C[C@H]2C[C@@H]1C(=O)N2[C@@H]1CCc2cc(C(=O)N(C)C)ccc21)C(=O)N1CCC[C@H]1C#N. The Balaban J connectivity index is 1.25. The number of piperazine rings is 1. The fourth-order valence-corrected chi connectivity index (χ4v) is 6.45. The van der Waals surface area contributed by atoms with Crippen molar-refractivity contribution in [1.82, 2.24) is 19.6 Å². The van der Waals surface area contributed by atoms with Crippen LogP contribution in [0.3, 0.4) is 0 Å². The van der Waals surface area contributed by atoms with Gasteiger partial charge in [0, 0.05) is 51.3 Å². The maximum atomic E-state index is 13.4. The molecule has 0 N–H and O–H groups in total. The van der Waals surface area contributed by atoms with Crippen LogP contribution >= 0.6 is 0 Å². The van der Waals surface area contributed by atoms with Crippen LogP contribution in [0.1, 0.15) is 60.1 Å². The number of hydrogen-bond donors (Lipinski definition) is 0.